The fraction of sp³-hybridized carbons (Fsp3) is 0.733. The van der Waals surface area contributed by atoms with Crippen LogP contribution in [0.1, 0.15) is 20.3 Å². The van der Waals surface area contributed by atoms with Gasteiger partial charge in [-0.05, 0) is 20.3 Å². The molecule has 1 aliphatic rings. The number of rotatable bonds is 8. The minimum atomic E-state index is -1.34. The summed E-state index contributed by atoms with van der Waals surface area (Å²) in [4.78, 5) is 26.9. The van der Waals surface area contributed by atoms with Crippen molar-refractivity contribution in [3.8, 4) is 0 Å². The topological polar surface area (TPSA) is 65.1 Å². The van der Waals surface area contributed by atoms with Gasteiger partial charge >= 0.3 is 11.9 Å². The second kappa shape index (κ2) is 8.79. The van der Waals surface area contributed by atoms with Gasteiger partial charge in [-0.3, -0.25) is 14.5 Å². The molecule has 1 saturated heterocycles. The van der Waals surface area contributed by atoms with Gasteiger partial charge in [0.25, 0.3) is 0 Å². The third-order valence-corrected chi connectivity index (χ3v) is 3.42. The summed E-state index contributed by atoms with van der Waals surface area (Å²) >= 11 is 0. The zero-order chi connectivity index (χ0) is 15.7. The smallest absolute Gasteiger partial charge is 0.325 e. The van der Waals surface area contributed by atoms with E-state index in [9.17, 15) is 9.59 Å². The summed E-state index contributed by atoms with van der Waals surface area (Å²) in [5.41, 5.74) is -1.34. The third kappa shape index (κ3) is 4.54. The predicted octanol–water partition coefficient (Wildman–Crippen LogP) is 1.01. The van der Waals surface area contributed by atoms with E-state index in [0.717, 1.165) is 0 Å². The van der Waals surface area contributed by atoms with E-state index in [2.05, 4.69) is 6.58 Å². The Morgan fingerprint density at radius 1 is 1.19 bits per heavy atom. The molecule has 6 heteroatoms. The van der Waals surface area contributed by atoms with Gasteiger partial charge < -0.3 is 14.2 Å². The Labute approximate surface area is 126 Å². The van der Waals surface area contributed by atoms with Gasteiger partial charge in [-0.25, -0.2) is 0 Å². The first-order chi connectivity index (χ1) is 10.1. The quantitative estimate of drug-likeness (QED) is 0.378. The summed E-state index contributed by atoms with van der Waals surface area (Å²) in [6, 6.07) is 0. The van der Waals surface area contributed by atoms with E-state index in [4.69, 9.17) is 14.2 Å². The van der Waals surface area contributed by atoms with E-state index >= 15 is 0 Å². The summed E-state index contributed by atoms with van der Waals surface area (Å²) in [5, 5.41) is 0. The lowest BCUT2D eigenvalue weighted by Gasteiger charge is -2.35. The molecule has 21 heavy (non-hydrogen) atoms. The molecule has 0 atom stereocenters. The van der Waals surface area contributed by atoms with Gasteiger partial charge in [0.05, 0.1) is 26.4 Å². The number of nitrogens with zero attached hydrogens (tertiary/aromatic N) is 1. The number of hydrogen-bond donors (Lipinski definition) is 0. The van der Waals surface area contributed by atoms with Gasteiger partial charge in [0.2, 0.25) is 0 Å². The van der Waals surface area contributed by atoms with Crippen LogP contribution in [0, 0.1) is 5.41 Å². The van der Waals surface area contributed by atoms with Gasteiger partial charge in [-0.1, -0.05) is 6.08 Å². The summed E-state index contributed by atoms with van der Waals surface area (Å²) < 4.78 is 15.5. The molecule has 120 valence electrons. The molecule has 1 heterocycles. The molecule has 0 spiro atoms. The van der Waals surface area contributed by atoms with Crippen LogP contribution in [-0.4, -0.2) is 62.9 Å². The maximum Gasteiger partial charge on any atom is 0.325 e. The highest BCUT2D eigenvalue weighted by Gasteiger charge is 2.49. The number of esters is 2. The van der Waals surface area contributed by atoms with Crippen molar-refractivity contribution in [2.24, 2.45) is 5.41 Å². The van der Waals surface area contributed by atoms with Crippen molar-refractivity contribution in [1.29, 1.82) is 0 Å². The Hall–Kier alpha value is -1.40. The number of carbonyl (C=O) groups excluding carboxylic acids is 2. The summed E-state index contributed by atoms with van der Waals surface area (Å²) in [7, 11) is 0. The Morgan fingerprint density at radius 3 is 2.14 bits per heavy atom. The zero-order valence-electron chi connectivity index (χ0n) is 12.9. The monoisotopic (exact) mass is 299 g/mol. The first-order valence-corrected chi connectivity index (χ1v) is 7.36. The largest absolute Gasteiger partial charge is 0.465 e. The van der Waals surface area contributed by atoms with Crippen LogP contribution < -0.4 is 0 Å². The molecule has 1 aliphatic heterocycles. The molecule has 0 amide bonds. The lowest BCUT2D eigenvalue weighted by atomic mass is 9.83. The van der Waals surface area contributed by atoms with Crippen LogP contribution in [0.4, 0.5) is 0 Å². The molecule has 1 rings (SSSR count). The fourth-order valence-corrected chi connectivity index (χ4v) is 2.37. The third-order valence-electron chi connectivity index (χ3n) is 3.42. The van der Waals surface area contributed by atoms with Crippen molar-refractivity contribution in [1.82, 2.24) is 4.90 Å². The Morgan fingerprint density at radius 2 is 1.71 bits per heavy atom. The second-order valence-electron chi connectivity index (χ2n) is 4.90. The van der Waals surface area contributed by atoms with Crippen LogP contribution in [-0.2, 0) is 23.8 Å². The van der Waals surface area contributed by atoms with Gasteiger partial charge in [0.15, 0.2) is 5.41 Å². The molecule has 0 aromatic rings. The van der Waals surface area contributed by atoms with Gasteiger partial charge in [0.1, 0.15) is 0 Å². The van der Waals surface area contributed by atoms with E-state index < -0.39 is 17.4 Å². The van der Waals surface area contributed by atoms with Crippen LogP contribution in [0.5, 0.6) is 0 Å². The Kier molecular flexibility index (Phi) is 7.39. The van der Waals surface area contributed by atoms with Crippen LogP contribution in [0.3, 0.4) is 0 Å². The minimum Gasteiger partial charge on any atom is -0.465 e. The lowest BCUT2D eigenvalue weighted by molar-refractivity contribution is -0.174. The molecular formula is C15H25NO5. The summed E-state index contributed by atoms with van der Waals surface area (Å²) in [6.07, 6.45) is 1.76. The Balaban J connectivity index is 2.99. The van der Waals surface area contributed by atoms with Crippen molar-refractivity contribution in [3.05, 3.63) is 12.7 Å². The fourth-order valence-electron chi connectivity index (χ4n) is 2.37. The Bertz CT molecular complexity index is 345. The van der Waals surface area contributed by atoms with E-state index in [1.807, 2.05) is 4.90 Å². The number of ether oxygens (including phenoxy) is 3. The average Bonchev–Trinajstić information content (AvgIpc) is 2.48. The van der Waals surface area contributed by atoms with E-state index in [0.29, 0.717) is 26.3 Å². The van der Waals surface area contributed by atoms with Crippen molar-refractivity contribution < 1.29 is 23.8 Å². The van der Waals surface area contributed by atoms with Crippen LogP contribution in [0.15, 0.2) is 12.7 Å². The maximum atomic E-state index is 12.4. The number of morpholine rings is 1. The van der Waals surface area contributed by atoms with E-state index in [1.165, 1.54) is 0 Å². The van der Waals surface area contributed by atoms with E-state index in [1.54, 1.807) is 19.9 Å². The SMILES string of the molecule is C=CCC(CN1CCOCC1)(C(=O)OCC)C(=O)OCC. The summed E-state index contributed by atoms with van der Waals surface area (Å²) in [6.45, 7) is 10.4. The molecule has 6 nitrogen and oxygen atoms in total. The molecule has 0 bridgehead atoms. The zero-order valence-corrected chi connectivity index (χ0v) is 12.9. The van der Waals surface area contributed by atoms with Crippen molar-refractivity contribution >= 4 is 11.9 Å². The molecule has 0 saturated carbocycles. The molecule has 0 radical (unpaired) electrons. The van der Waals surface area contributed by atoms with E-state index in [-0.39, 0.29) is 26.2 Å². The highest BCUT2D eigenvalue weighted by atomic mass is 16.6. The van der Waals surface area contributed by atoms with Crippen LogP contribution in [0.2, 0.25) is 0 Å². The highest BCUT2D eigenvalue weighted by Crippen LogP contribution is 2.29. The maximum absolute atomic E-state index is 12.4. The number of hydrogen-bond acceptors (Lipinski definition) is 6. The van der Waals surface area contributed by atoms with Crippen molar-refractivity contribution in [3.63, 3.8) is 0 Å². The lowest BCUT2D eigenvalue weighted by Crippen LogP contribution is -2.52. The summed E-state index contributed by atoms with van der Waals surface area (Å²) in [5.74, 6) is -1.09. The molecule has 0 aromatic carbocycles. The van der Waals surface area contributed by atoms with Gasteiger partial charge in [0, 0.05) is 19.6 Å². The molecule has 0 unspecified atom stereocenters. The molecule has 0 aliphatic carbocycles. The highest BCUT2D eigenvalue weighted by molar-refractivity contribution is 6.00. The normalized spacial score (nSPS) is 16.3. The molecule has 0 N–H and O–H groups in total. The second-order valence-corrected chi connectivity index (χ2v) is 4.90. The molecule has 1 fully saturated rings. The first-order valence-electron chi connectivity index (χ1n) is 7.36. The first kappa shape index (κ1) is 17.7. The minimum absolute atomic E-state index is 0.196. The molecule has 0 aromatic heterocycles. The average molecular weight is 299 g/mol. The number of allylic oxidation sites excluding steroid dienone is 1. The van der Waals surface area contributed by atoms with Gasteiger partial charge in [-0.2, -0.15) is 0 Å². The number of carbonyl (C=O) groups is 2. The van der Waals surface area contributed by atoms with Crippen LogP contribution >= 0.6 is 0 Å². The molecular weight excluding hydrogens is 274 g/mol. The van der Waals surface area contributed by atoms with Crippen LogP contribution in [0.25, 0.3) is 0 Å². The standard InChI is InChI=1S/C15H25NO5/c1-4-7-15(13(17)20-5-2,14(18)21-6-3)12-16-8-10-19-11-9-16/h4H,1,5-12H2,2-3H3. The predicted molar refractivity (Wildman–Crippen MR) is 77.8 cm³/mol. The van der Waals surface area contributed by atoms with Crippen molar-refractivity contribution in [2.45, 2.75) is 20.3 Å². The van der Waals surface area contributed by atoms with Crippen molar-refractivity contribution in [2.75, 3.05) is 46.1 Å². The van der Waals surface area contributed by atoms with Gasteiger partial charge in [-0.15, -0.1) is 6.58 Å².